The van der Waals surface area contributed by atoms with E-state index in [2.05, 4.69) is 69.9 Å². The molecule has 138 valence electrons. The van der Waals surface area contributed by atoms with E-state index in [1.165, 1.54) is 22.3 Å². The molecule has 3 aromatic carbocycles. The number of nitrogens with two attached hydrogens (primary N) is 2. The van der Waals surface area contributed by atoms with Crippen LogP contribution >= 0.6 is 0 Å². The fourth-order valence-corrected chi connectivity index (χ4v) is 4.24. The van der Waals surface area contributed by atoms with Crippen LogP contribution in [0.3, 0.4) is 0 Å². The molecule has 0 radical (unpaired) electrons. The number of benzene rings is 3. The summed E-state index contributed by atoms with van der Waals surface area (Å²) >= 11 is 0. The highest BCUT2D eigenvalue weighted by Crippen LogP contribution is 2.42. The number of nitrogens with zero attached hydrogens (tertiary/aromatic N) is 2. The molecular weight excluding hydrogens is 346 g/mol. The van der Waals surface area contributed by atoms with E-state index in [1.807, 2.05) is 12.1 Å². The van der Waals surface area contributed by atoms with Crippen molar-refractivity contribution in [1.29, 1.82) is 0 Å². The Morgan fingerprint density at radius 2 is 1.46 bits per heavy atom. The molecule has 0 unspecified atom stereocenters. The summed E-state index contributed by atoms with van der Waals surface area (Å²) in [6.07, 6.45) is 0.829. The Labute approximate surface area is 163 Å². The van der Waals surface area contributed by atoms with Gasteiger partial charge in [0.1, 0.15) is 5.82 Å². The van der Waals surface area contributed by atoms with Crippen LogP contribution in [0, 0.1) is 0 Å². The summed E-state index contributed by atoms with van der Waals surface area (Å²) in [6.45, 7) is 0.816. The molecule has 0 saturated heterocycles. The highest BCUT2D eigenvalue weighted by molar-refractivity contribution is 5.92. The van der Waals surface area contributed by atoms with Crippen molar-refractivity contribution in [1.82, 2.24) is 15.3 Å². The number of rotatable bonds is 4. The van der Waals surface area contributed by atoms with Gasteiger partial charge in [-0.3, -0.25) is 0 Å². The molecule has 0 saturated carbocycles. The number of nitrogen functional groups attached to an aromatic ring is 2. The first-order valence-electron chi connectivity index (χ1n) is 9.44. The maximum absolute atomic E-state index is 6.13. The monoisotopic (exact) mass is 367 g/mol. The van der Waals surface area contributed by atoms with E-state index in [0.29, 0.717) is 5.82 Å². The van der Waals surface area contributed by atoms with Gasteiger partial charge in [-0.25, -0.2) is 4.98 Å². The first-order chi connectivity index (χ1) is 13.7. The molecule has 0 aliphatic heterocycles. The molecule has 0 bridgehead atoms. The van der Waals surface area contributed by atoms with Gasteiger partial charge in [0.15, 0.2) is 0 Å². The van der Waals surface area contributed by atoms with Gasteiger partial charge in [0, 0.05) is 11.9 Å². The molecule has 5 N–H and O–H groups in total. The van der Waals surface area contributed by atoms with Crippen molar-refractivity contribution in [2.45, 2.75) is 12.5 Å². The molecule has 0 spiro atoms. The summed E-state index contributed by atoms with van der Waals surface area (Å²) in [6, 6.07) is 23.4. The molecule has 0 fully saturated rings. The molecule has 1 aliphatic rings. The topological polar surface area (TPSA) is 89.8 Å². The minimum Gasteiger partial charge on any atom is -0.383 e. The molecule has 5 heteroatoms. The summed E-state index contributed by atoms with van der Waals surface area (Å²) in [5.41, 5.74) is 19.1. The molecular formula is C23H21N5. The van der Waals surface area contributed by atoms with Crippen LogP contribution in [-0.2, 0) is 6.42 Å². The lowest BCUT2D eigenvalue weighted by Gasteiger charge is -2.16. The highest BCUT2D eigenvalue weighted by atomic mass is 15.0. The first-order valence-corrected chi connectivity index (χ1v) is 9.44. The van der Waals surface area contributed by atoms with Gasteiger partial charge < -0.3 is 16.8 Å². The number of aromatic nitrogens is 2. The van der Waals surface area contributed by atoms with E-state index in [0.717, 1.165) is 29.4 Å². The molecule has 1 aliphatic carbocycles. The van der Waals surface area contributed by atoms with E-state index in [1.54, 1.807) is 0 Å². The van der Waals surface area contributed by atoms with Gasteiger partial charge in [-0.2, -0.15) is 4.98 Å². The van der Waals surface area contributed by atoms with Gasteiger partial charge in [0.05, 0.1) is 11.6 Å². The third-order valence-corrected chi connectivity index (χ3v) is 5.43. The van der Waals surface area contributed by atoms with E-state index in [4.69, 9.17) is 11.5 Å². The molecule has 1 heterocycles. The van der Waals surface area contributed by atoms with Gasteiger partial charge in [0.25, 0.3) is 0 Å². The minimum absolute atomic E-state index is 0.201. The van der Waals surface area contributed by atoms with E-state index >= 15 is 0 Å². The predicted molar refractivity (Wildman–Crippen MR) is 114 cm³/mol. The Kier molecular flexibility index (Phi) is 3.95. The summed E-state index contributed by atoms with van der Waals surface area (Å²) in [7, 11) is 0. The summed E-state index contributed by atoms with van der Waals surface area (Å²) in [4.78, 5) is 8.44. The molecule has 0 amide bonds. The molecule has 5 nitrogen and oxygen atoms in total. The highest BCUT2D eigenvalue weighted by Gasteiger charge is 2.27. The quantitative estimate of drug-likeness (QED) is 0.512. The Hall–Kier alpha value is -3.44. The van der Waals surface area contributed by atoms with E-state index < -0.39 is 0 Å². The lowest BCUT2D eigenvalue weighted by Crippen LogP contribution is -2.23. The number of anilines is 2. The zero-order chi connectivity index (χ0) is 19.1. The van der Waals surface area contributed by atoms with Crippen molar-refractivity contribution in [3.8, 4) is 11.1 Å². The van der Waals surface area contributed by atoms with Crippen molar-refractivity contribution < 1.29 is 0 Å². The Balaban J connectivity index is 1.42. The zero-order valence-electron chi connectivity index (χ0n) is 15.4. The van der Waals surface area contributed by atoms with Crippen LogP contribution in [0.4, 0.5) is 11.8 Å². The van der Waals surface area contributed by atoms with E-state index in [9.17, 15) is 0 Å². The van der Waals surface area contributed by atoms with Crippen LogP contribution in [0.1, 0.15) is 22.7 Å². The average Bonchev–Trinajstić information content (AvgIpc) is 3.02. The Morgan fingerprint density at radius 3 is 2.18 bits per heavy atom. The van der Waals surface area contributed by atoms with Crippen molar-refractivity contribution in [3.05, 3.63) is 83.4 Å². The second-order valence-electron chi connectivity index (χ2n) is 7.09. The van der Waals surface area contributed by atoms with Crippen LogP contribution in [0.15, 0.2) is 66.7 Å². The average molecular weight is 367 g/mol. The standard InChI is InChI=1S/C23H21N5/c24-22-20-14(6-5-11-19(20)27-23(25)28-22)12-13-26-21-17-9-3-1-7-15(17)16-8-2-4-10-18(16)21/h1-11,21,26H,12-13H2,(H4,24,25,27,28). The van der Waals surface area contributed by atoms with Gasteiger partial charge in [-0.1, -0.05) is 60.7 Å². The SMILES string of the molecule is Nc1nc(N)c2c(CCNC3c4ccccc4-c4ccccc43)cccc2n1. The van der Waals surface area contributed by atoms with Crippen LogP contribution < -0.4 is 16.8 Å². The molecule has 0 atom stereocenters. The summed E-state index contributed by atoms with van der Waals surface area (Å²) in [5, 5.41) is 4.63. The maximum Gasteiger partial charge on any atom is 0.222 e. The zero-order valence-corrected chi connectivity index (χ0v) is 15.4. The van der Waals surface area contributed by atoms with Crippen LogP contribution in [0.2, 0.25) is 0 Å². The minimum atomic E-state index is 0.201. The number of hydrogen-bond acceptors (Lipinski definition) is 5. The van der Waals surface area contributed by atoms with Crippen LogP contribution in [0.5, 0.6) is 0 Å². The third-order valence-electron chi connectivity index (χ3n) is 5.43. The first kappa shape index (κ1) is 16.7. The fourth-order valence-electron chi connectivity index (χ4n) is 4.24. The van der Waals surface area contributed by atoms with Gasteiger partial charge >= 0.3 is 0 Å². The normalized spacial score (nSPS) is 12.9. The van der Waals surface area contributed by atoms with Crippen molar-refractivity contribution in [2.24, 2.45) is 0 Å². The van der Waals surface area contributed by atoms with Crippen LogP contribution in [0.25, 0.3) is 22.0 Å². The van der Waals surface area contributed by atoms with Crippen molar-refractivity contribution in [2.75, 3.05) is 18.0 Å². The largest absolute Gasteiger partial charge is 0.383 e. The summed E-state index contributed by atoms with van der Waals surface area (Å²) < 4.78 is 0. The second-order valence-corrected chi connectivity index (χ2v) is 7.09. The van der Waals surface area contributed by atoms with Crippen LogP contribution in [-0.4, -0.2) is 16.5 Å². The van der Waals surface area contributed by atoms with Gasteiger partial charge in [-0.05, 0) is 40.3 Å². The fraction of sp³-hybridized carbons (Fsp3) is 0.130. The van der Waals surface area contributed by atoms with Crippen molar-refractivity contribution >= 4 is 22.7 Å². The van der Waals surface area contributed by atoms with Gasteiger partial charge in [-0.15, -0.1) is 0 Å². The number of hydrogen-bond donors (Lipinski definition) is 3. The van der Waals surface area contributed by atoms with Gasteiger partial charge in [0.2, 0.25) is 5.95 Å². The lowest BCUT2D eigenvalue weighted by molar-refractivity contribution is 0.617. The van der Waals surface area contributed by atoms with Crippen molar-refractivity contribution in [3.63, 3.8) is 0 Å². The number of fused-ring (bicyclic) bond motifs is 4. The second kappa shape index (κ2) is 6.62. The Bertz CT molecular complexity index is 1140. The Morgan fingerprint density at radius 1 is 0.786 bits per heavy atom. The predicted octanol–water partition coefficient (Wildman–Crippen LogP) is 3.70. The smallest absolute Gasteiger partial charge is 0.222 e. The summed E-state index contributed by atoms with van der Waals surface area (Å²) in [5.74, 6) is 0.647. The number of nitrogens with one attached hydrogen (secondary N) is 1. The van der Waals surface area contributed by atoms with E-state index in [-0.39, 0.29) is 12.0 Å². The molecule has 4 aromatic rings. The molecule has 28 heavy (non-hydrogen) atoms. The lowest BCUT2D eigenvalue weighted by atomic mass is 10.0. The third kappa shape index (κ3) is 2.68. The molecule has 5 rings (SSSR count). The molecule has 1 aromatic heterocycles. The maximum atomic E-state index is 6.13.